The van der Waals surface area contributed by atoms with Gasteiger partial charge in [0.15, 0.2) is 0 Å². The van der Waals surface area contributed by atoms with Crippen LogP contribution in [0.4, 0.5) is 5.69 Å². The summed E-state index contributed by atoms with van der Waals surface area (Å²) in [5, 5.41) is 2.88. The zero-order chi connectivity index (χ0) is 17.5. The van der Waals surface area contributed by atoms with Gasteiger partial charge < -0.3 is 10.2 Å². The van der Waals surface area contributed by atoms with Gasteiger partial charge in [0.25, 0.3) is 5.91 Å². The fraction of sp³-hybridized carbons (Fsp3) is 0.263. The molecule has 0 heterocycles. The van der Waals surface area contributed by atoms with E-state index >= 15 is 0 Å². The molecular weight excluding hydrogens is 415 g/mol. The quantitative estimate of drug-likeness (QED) is 0.694. The van der Waals surface area contributed by atoms with E-state index in [2.05, 4.69) is 27.9 Å². The first-order chi connectivity index (χ1) is 11.5. The van der Waals surface area contributed by atoms with Crippen molar-refractivity contribution in [3.8, 4) is 0 Å². The van der Waals surface area contributed by atoms with E-state index in [-0.39, 0.29) is 18.4 Å². The Morgan fingerprint density at radius 2 is 1.75 bits per heavy atom. The van der Waals surface area contributed by atoms with Gasteiger partial charge in [0.05, 0.1) is 0 Å². The molecule has 4 nitrogen and oxygen atoms in total. The van der Waals surface area contributed by atoms with Crippen LogP contribution in [-0.4, -0.2) is 29.8 Å². The maximum absolute atomic E-state index is 12.6. The number of nitrogens with zero attached hydrogens (tertiary/aromatic N) is 1. The van der Waals surface area contributed by atoms with Crippen molar-refractivity contribution in [3.63, 3.8) is 0 Å². The second-order valence-corrected chi connectivity index (χ2v) is 6.84. The summed E-state index contributed by atoms with van der Waals surface area (Å²) in [5.41, 5.74) is 2.38. The average Bonchev–Trinajstić information content (AvgIpc) is 2.56. The number of amides is 2. The summed E-state index contributed by atoms with van der Waals surface area (Å²) in [4.78, 5) is 26.6. The summed E-state index contributed by atoms with van der Waals surface area (Å²) in [5.74, 6) is -0.301. The van der Waals surface area contributed by atoms with Gasteiger partial charge in [0.1, 0.15) is 6.54 Å². The Hall–Kier alpha value is -1.89. The first-order valence-corrected chi connectivity index (χ1v) is 8.99. The zero-order valence-corrected chi connectivity index (χ0v) is 16.0. The highest BCUT2D eigenvalue weighted by Crippen LogP contribution is 2.14. The molecule has 2 amide bonds. The smallest absolute Gasteiger partial charge is 0.254 e. The van der Waals surface area contributed by atoms with Gasteiger partial charge in [0, 0.05) is 21.4 Å². The van der Waals surface area contributed by atoms with Crippen molar-refractivity contribution >= 4 is 40.1 Å². The van der Waals surface area contributed by atoms with Crippen molar-refractivity contribution in [2.45, 2.75) is 20.3 Å². The van der Waals surface area contributed by atoms with Gasteiger partial charge in [-0.3, -0.25) is 9.59 Å². The standard InChI is InChI=1S/C19H21IN2O2/c1-3-12-22(19(24)15-8-10-16(20)11-9-15)13-18(23)21-17-7-5-4-6-14(17)2/h4-11H,3,12-13H2,1-2H3,(H,21,23). The van der Waals surface area contributed by atoms with E-state index in [4.69, 9.17) is 0 Å². The minimum Gasteiger partial charge on any atom is -0.329 e. The molecule has 2 aromatic carbocycles. The Kier molecular flexibility index (Phi) is 6.78. The highest BCUT2D eigenvalue weighted by Gasteiger charge is 2.18. The first-order valence-electron chi connectivity index (χ1n) is 7.91. The van der Waals surface area contributed by atoms with Crippen LogP contribution >= 0.6 is 22.6 Å². The molecule has 0 aromatic heterocycles. The van der Waals surface area contributed by atoms with Gasteiger partial charge in [-0.25, -0.2) is 0 Å². The average molecular weight is 436 g/mol. The summed E-state index contributed by atoms with van der Waals surface area (Å²) in [6.07, 6.45) is 0.799. The highest BCUT2D eigenvalue weighted by molar-refractivity contribution is 14.1. The van der Waals surface area contributed by atoms with E-state index in [0.717, 1.165) is 21.2 Å². The third kappa shape index (κ3) is 5.06. The molecule has 0 aliphatic rings. The van der Waals surface area contributed by atoms with E-state index in [9.17, 15) is 9.59 Å². The minimum absolute atomic E-state index is 0.0486. The Labute approximate surface area is 156 Å². The number of anilines is 1. The first kappa shape index (κ1) is 18.4. The molecule has 0 fully saturated rings. The molecule has 2 aromatic rings. The largest absolute Gasteiger partial charge is 0.329 e. The number of rotatable bonds is 6. The van der Waals surface area contributed by atoms with Crippen LogP contribution in [0.1, 0.15) is 29.3 Å². The van der Waals surface area contributed by atoms with Crippen molar-refractivity contribution in [2.75, 3.05) is 18.4 Å². The summed E-state index contributed by atoms with van der Waals surface area (Å²) in [7, 11) is 0. The fourth-order valence-electron chi connectivity index (χ4n) is 2.37. The number of halogens is 1. The molecule has 0 bridgehead atoms. The predicted octanol–water partition coefficient (Wildman–Crippen LogP) is 4.09. The number of nitrogens with one attached hydrogen (secondary N) is 1. The van der Waals surface area contributed by atoms with Crippen molar-refractivity contribution in [2.24, 2.45) is 0 Å². The number of para-hydroxylation sites is 1. The molecule has 5 heteroatoms. The van der Waals surface area contributed by atoms with E-state index in [1.54, 1.807) is 17.0 Å². The summed E-state index contributed by atoms with van der Waals surface area (Å²) in [6, 6.07) is 15.0. The molecule has 1 N–H and O–H groups in total. The van der Waals surface area contributed by atoms with Crippen LogP contribution < -0.4 is 5.32 Å². The summed E-state index contributed by atoms with van der Waals surface area (Å²) in [6.45, 7) is 4.53. The Balaban J connectivity index is 2.07. The number of benzene rings is 2. The van der Waals surface area contributed by atoms with Crippen LogP contribution in [0.2, 0.25) is 0 Å². The van der Waals surface area contributed by atoms with Gasteiger partial charge in [0.2, 0.25) is 5.91 Å². The van der Waals surface area contributed by atoms with Gasteiger partial charge in [-0.1, -0.05) is 25.1 Å². The molecule has 0 aliphatic carbocycles. The van der Waals surface area contributed by atoms with Gasteiger partial charge in [-0.05, 0) is 71.8 Å². The third-order valence-electron chi connectivity index (χ3n) is 3.63. The Morgan fingerprint density at radius 3 is 2.38 bits per heavy atom. The van der Waals surface area contributed by atoms with Crippen LogP contribution in [0.25, 0.3) is 0 Å². The predicted molar refractivity (Wildman–Crippen MR) is 105 cm³/mol. The molecule has 0 atom stereocenters. The van der Waals surface area contributed by atoms with Crippen LogP contribution in [0.3, 0.4) is 0 Å². The molecule has 0 saturated heterocycles. The van der Waals surface area contributed by atoms with E-state index in [0.29, 0.717) is 12.1 Å². The van der Waals surface area contributed by atoms with E-state index in [1.165, 1.54) is 0 Å². The van der Waals surface area contributed by atoms with Crippen LogP contribution in [0.5, 0.6) is 0 Å². The number of carbonyl (C=O) groups excluding carboxylic acids is 2. The van der Waals surface area contributed by atoms with Gasteiger partial charge >= 0.3 is 0 Å². The van der Waals surface area contributed by atoms with Crippen molar-refractivity contribution in [1.29, 1.82) is 0 Å². The summed E-state index contributed by atoms with van der Waals surface area (Å²) >= 11 is 2.20. The number of carbonyl (C=O) groups is 2. The van der Waals surface area contributed by atoms with Crippen molar-refractivity contribution in [1.82, 2.24) is 4.90 Å². The molecule has 24 heavy (non-hydrogen) atoms. The normalized spacial score (nSPS) is 10.3. The van der Waals surface area contributed by atoms with Crippen molar-refractivity contribution in [3.05, 3.63) is 63.2 Å². The lowest BCUT2D eigenvalue weighted by atomic mass is 10.2. The lowest BCUT2D eigenvalue weighted by Gasteiger charge is -2.22. The van der Waals surface area contributed by atoms with Crippen LogP contribution in [0.15, 0.2) is 48.5 Å². The summed E-state index contributed by atoms with van der Waals surface area (Å²) < 4.78 is 1.07. The topological polar surface area (TPSA) is 49.4 Å². The van der Waals surface area contributed by atoms with E-state index < -0.39 is 0 Å². The van der Waals surface area contributed by atoms with Gasteiger partial charge in [-0.2, -0.15) is 0 Å². The van der Waals surface area contributed by atoms with Crippen LogP contribution in [0, 0.1) is 10.5 Å². The SMILES string of the molecule is CCCN(CC(=O)Nc1ccccc1C)C(=O)c1ccc(I)cc1. The molecule has 0 aliphatic heterocycles. The third-order valence-corrected chi connectivity index (χ3v) is 4.34. The Morgan fingerprint density at radius 1 is 1.08 bits per heavy atom. The zero-order valence-electron chi connectivity index (χ0n) is 13.9. The number of aryl methyl sites for hydroxylation is 1. The molecular formula is C19H21IN2O2. The number of hydrogen-bond donors (Lipinski definition) is 1. The maximum Gasteiger partial charge on any atom is 0.254 e. The lowest BCUT2D eigenvalue weighted by molar-refractivity contribution is -0.116. The fourth-order valence-corrected chi connectivity index (χ4v) is 2.73. The Bertz CT molecular complexity index is 714. The molecule has 2 rings (SSSR count). The molecule has 0 unspecified atom stereocenters. The van der Waals surface area contributed by atoms with Gasteiger partial charge in [-0.15, -0.1) is 0 Å². The molecule has 0 radical (unpaired) electrons. The van der Waals surface area contributed by atoms with E-state index in [1.807, 2.05) is 50.2 Å². The second-order valence-electron chi connectivity index (χ2n) is 5.60. The maximum atomic E-state index is 12.6. The van der Waals surface area contributed by atoms with Crippen molar-refractivity contribution < 1.29 is 9.59 Å². The van der Waals surface area contributed by atoms with Crippen LogP contribution in [-0.2, 0) is 4.79 Å². The minimum atomic E-state index is -0.184. The molecule has 0 saturated carbocycles. The lowest BCUT2D eigenvalue weighted by Crippen LogP contribution is -2.38. The second kappa shape index (κ2) is 8.82. The molecule has 0 spiro atoms. The highest BCUT2D eigenvalue weighted by atomic mass is 127. The number of hydrogen-bond acceptors (Lipinski definition) is 2. The monoisotopic (exact) mass is 436 g/mol. The molecule has 126 valence electrons.